The molecule has 0 unspecified atom stereocenters. The first kappa shape index (κ1) is 14.5. The number of esters is 2. The molecule has 1 rings (SSSR count). The van der Waals surface area contributed by atoms with E-state index in [1.54, 1.807) is 6.92 Å². The molecule has 0 spiro atoms. The molecule has 0 aromatic heterocycles. The molecule has 1 heterocycles. The van der Waals surface area contributed by atoms with Crippen LogP contribution in [0.5, 0.6) is 0 Å². The predicted molar refractivity (Wildman–Crippen MR) is 60.9 cm³/mol. The van der Waals surface area contributed by atoms with Gasteiger partial charge in [0.1, 0.15) is 5.38 Å². The number of carbonyl (C=O) groups excluding carboxylic acids is 2. The van der Waals surface area contributed by atoms with Gasteiger partial charge in [-0.2, -0.15) is 0 Å². The monoisotopic (exact) mass is 284 g/mol. The molecule has 0 aromatic carbocycles. The quantitative estimate of drug-likeness (QED) is 0.567. The van der Waals surface area contributed by atoms with E-state index >= 15 is 0 Å². The fourth-order valence-corrected chi connectivity index (χ4v) is 2.19. The van der Waals surface area contributed by atoms with E-state index in [2.05, 4.69) is 0 Å². The molecule has 1 fully saturated rings. The minimum Gasteiger partial charge on any atom is -0.457 e. The topological polar surface area (TPSA) is 61.8 Å². The number of rotatable bonds is 2. The van der Waals surface area contributed by atoms with Gasteiger partial charge in [-0.05, 0) is 6.92 Å². The Bertz CT molecular complexity index is 309. The van der Waals surface area contributed by atoms with E-state index in [0.29, 0.717) is 0 Å². The molecular weight excluding hydrogens is 271 g/mol. The second kappa shape index (κ2) is 5.89. The van der Waals surface area contributed by atoms with Gasteiger partial charge in [-0.15, -0.1) is 11.6 Å². The standard InChI is InChI=1S/C10H14Cl2O5/c1-4-8(16-5(2)13)9(17-6(3)14)7(11)10(12)15-4/h4,7-10H,1-3H3/t4-,7+,8-,9-,10-/m0/s1. The van der Waals surface area contributed by atoms with Gasteiger partial charge in [0.2, 0.25) is 0 Å². The summed E-state index contributed by atoms with van der Waals surface area (Å²) in [6, 6.07) is 0. The summed E-state index contributed by atoms with van der Waals surface area (Å²) in [7, 11) is 0. The highest BCUT2D eigenvalue weighted by atomic mass is 35.5. The molecule has 17 heavy (non-hydrogen) atoms. The third kappa shape index (κ3) is 3.72. The van der Waals surface area contributed by atoms with Crippen LogP contribution in [0.4, 0.5) is 0 Å². The maximum atomic E-state index is 11.0. The fourth-order valence-electron chi connectivity index (χ4n) is 1.63. The van der Waals surface area contributed by atoms with Crippen LogP contribution < -0.4 is 0 Å². The van der Waals surface area contributed by atoms with Gasteiger partial charge in [0.05, 0.1) is 6.10 Å². The summed E-state index contributed by atoms with van der Waals surface area (Å²) in [5.74, 6) is -1.02. The largest absolute Gasteiger partial charge is 0.457 e. The lowest BCUT2D eigenvalue weighted by Gasteiger charge is -2.40. The molecule has 1 aliphatic rings. The molecule has 0 aromatic rings. The van der Waals surface area contributed by atoms with Gasteiger partial charge in [-0.25, -0.2) is 0 Å². The maximum absolute atomic E-state index is 11.0. The van der Waals surface area contributed by atoms with E-state index < -0.39 is 41.2 Å². The van der Waals surface area contributed by atoms with Crippen molar-refractivity contribution in [3.05, 3.63) is 0 Å². The fraction of sp³-hybridized carbons (Fsp3) is 0.800. The Hall–Kier alpha value is -0.520. The van der Waals surface area contributed by atoms with Crippen LogP contribution in [0.25, 0.3) is 0 Å². The molecule has 0 amide bonds. The van der Waals surface area contributed by atoms with Crippen molar-refractivity contribution in [2.75, 3.05) is 0 Å². The number of halogens is 2. The Kier molecular flexibility index (Phi) is 5.04. The summed E-state index contributed by atoms with van der Waals surface area (Å²) in [6.07, 6.45) is -2.07. The van der Waals surface area contributed by atoms with E-state index in [1.165, 1.54) is 13.8 Å². The third-order valence-electron chi connectivity index (χ3n) is 2.30. The maximum Gasteiger partial charge on any atom is 0.303 e. The van der Waals surface area contributed by atoms with Crippen molar-refractivity contribution in [1.29, 1.82) is 0 Å². The van der Waals surface area contributed by atoms with E-state index in [4.69, 9.17) is 37.4 Å². The van der Waals surface area contributed by atoms with Crippen LogP contribution in [0.15, 0.2) is 0 Å². The van der Waals surface area contributed by atoms with Gasteiger partial charge in [-0.1, -0.05) is 11.6 Å². The van der Waals surface area contributed by atoms with Crippen LogP contribution in [-0.2, 0) is 23.8 Å². The number of hydrogen-bond donors (Lipinski definition) is 0. The first-order valence-electron chi connectivity index (χ1n) is 5.11. The van der Waals surface area contributed by atoms with Crippen LogP contribution in [0.2, 0.25) is 0 Å². The molecule has 0 aliphatic carbocycles. The zero-order chi connectivity index (χ0) is 13.2. The second-order valence-corrected chi connectivity index (χ2v) is 4.72. The van der Waals surface area contributed by atoms with E-state index in [-0.39, 0.29) is 0 Å². The average Bonchev–Trinajstić information content (AvgIpc) is 2.19. The van der Waals surface area contributed by atoms with Crippen molar-refractivity contribution < 1.29 is 23.8 Å². The Morgan fingerprint density at radius 1 is 1.06 bits per heavy atom. The Morgan fingerprint density at radius 2 is 1.53 bits per heavy atom. The number of carbonyl (C=O) groups is 2. The van der Waals surface area contributed by atoms with Crippen LogP contribution >= 0.6 is 23.2 Å². The van der Waals surface area contributed by atoms with Crippen molar-refractivity contribution in [1.82, 2.24) is 0 Å². The van der Waals surface area contributed by atoms with Gasteiger partial charge >= 0.3 is 11.9 Å². The Labute approximate surface area is 109 Å². The molecule has 0 bridgehead atoms. The molecule has 5 atom stereocenters. The second-order valence-electron chi connectivity index (χ2n) is 3.78. The molecule has 1 aliphatic heterocycles. The highest BCUT2D eigenvalue weighted by molar-refractivity contribution is 6.29. The third-order valence-corrected chi connectivity index (χ3v) is 3.28. The van der Waals surface area contributed by atoms with Crippen LogP contribution in [-0.4, -0.2) is 41.2 Å². The Morgan fingerprint density at radius 3 is 2.00 bits per heavy atom. The smallest absolute Gasteiger partial charge is 0.303 e. The zero-order valence-corrected chi connectivity index (χ0v) is 11.2. The van der Waals surface area contributed by atoms with Crippen molar-refractivity contribution in [2.45, 2.75) is 50.0 Å². The van der Waals surface area contributed by atoms with Gasteiger partial charge in [0.15, 0.2) is 17.8 Å². The summed E-state index contributed by atoms with van der Waals surface area (Å²) in [4.78, 5) is 22.0. The number of alkyl halides is 2. The molecule has 5 nitrogen and oxygen atoms in total. The van der Waals surface area contributed by atoms with Crippen molar-refractivity contribution in [3.8, 4) is 0 Å². The highest BCUT2D eigenvalue weighted by Crippen LogP contribution is 2.31. The summed E-state index contributed by atoms with van der Waals surface area (Å²) in [5.41, 5.74) is -0.803. The Balaban J connectivity index is 2.86. The van der Waals surface area contributed by atoms with Crippen LogP contribution in [0.1, 0.15) is 20.8 Å². The van der Waals surface area contributed by atoms with Crippen LogP contribution in [0, 0.1) is 0 Å². The molecule has 0 radical (unpaired) electrons. The van der Waals surface area contributed by atoms with Crippen molar-refractivity contribution in [3.63, 3.8) is 0 Å². The molecule has 7 heteroatoms. The SMILES string of the molecule is CC(=O)O[C@@H]1[C@@H](OC(C)=O)[C@@H](Cl)[C@@H](Cl)O[C@H]1C. The van der Waals surface area contributed by atoms with Gasteiger partial charge in [0.25, 0.3) is 0 Å². The summed E-state index contributed by atoms with van der Waals surface area (Å²) < 4.78 is 15.4. The predicted octanol–water partition coefficient (Wildman–Crippen LogP) is 1.44. The lowest BCUT2D eigenvalue weighted by atomic mass is 10.0. The summed E-state index contributed by atoms with van der Waals surface area (Å²) >= 11 is 11.9. The number of hydrogen-bond acceptors (Lipinski definition) is 5. The van der Waals surface area contributed by atoms with Crippen molar-refractivity contribution in [2.24, 2.45) is 0 Å². The van der Waals surface area contributed by atoms with Gasteiger partial charge in [-0.3, -0.25) is 9.59 Å². The lowest BCUT2D eigenvalue weighted by Crippen LogP contribution is -2.56. The van der Waals surface area contributed by atoms with Crippen LogP contribution in [0.3, 0.4) is 0 Å². The summed E-state index contributed by atoms with van der Waals surface area (Å²) in [5, 5.41) is -0.777. The summed E-state index contributed by atoms with van der Waals surface area (Å²) in [6.45, 7) is 4.17. The molecule has 1 saturated heterocycles. The molecule has 98 valence electrons. The molecular formula is C10H14Cl2O5. The highest BCUT2D eigenvalue weighted by Gasteiger charge is 2.46. The normalized spacial score (nSPS) is 37.4. The lowest BCUT2D eigenvalue weighted by molar-refractivity contribution is -0.193. The molecule has 0 saturated carbocycles. The minimum atomic E-state index is -0.815. The van der Waals surface area contributed by atoms with Gasteiger partial charge < -0.3 is 14.2 Å². The minimum absolute atomic E-state index is 0.499. The van der Waals surface area contributed by atoms with E-state index in [0.717, 1.165) is 0 Å². The zero-order valence-electron chi connectivity index (χ0n) is 9.68. The van der Waals surface area contributed by atoms with E-state index in [1.807, 2.05) is 0 Å². The molecule has 0 N–H and O–H groups in total. The van der Waals surface area contributed by atoms with Gasteiger partial charge in [0, 0.05) is 13.8 Å². The van der Waals surface area contributed by atoms with E-state index in [9.17, 15) is 9.59 Å². The first-order chi connectivity index (χ1) is 7.82. The average molecular weight is 285 g/mol. The number of ether oxygens (including phenoxy) is 3. The first-order valence-corrected chi connectivity index (χ1v) is 5.98. The van der Waals surface area contributed by atoms with Crippen molar-refractivity contribution >= 4 is 35.1 Å².